The van der Waals surface area contributed by atoms with E-state index in [-0.39, 0.29) is 25.7 Å². The zero-order valence-corrected chi connectivity index (χ0v) is 70.0. The minimum atomic E-state index is -4.96. The molecule has 0 aliphatic rings. The highest BCUT2D eigenvalue weighted by Gasteiger charge is 2.30. The maximum atomic E-state index is 13.1. The molecule has 618 valence electrons. The van der Waals surface area contributed by atoms with Gasteiger partial charge < -0.3 is 33.8 Å². The first kappa shape index (κ1) is 102. The Morgan fingerprint density at radius 1 is 0.260 bits per heavy atom. The Morgan fingerprint density at radius 2 is 0.442 bits per heavy atom. The van der Waals surface area contributed by atoms with Gasteiger partial charge in [-0.2, -0.15) is 0 Å². The summed E-state index contributed by atoms with van der Waals surface area (Å²) in [5.74, 6) is -1.34. The van der Waals surface area contributed by atoms with Gasteiger partial charge in [0.2, 0.25) is 0 Å². The summed E-state index contributed by atoms with van der Waals surface area (Å²) >= 11 is 0. The SMILES string of the molecule is CCCCCCCCCCCCCCCCCCCCCCCCC(=O)O[C@H](COC(=O)CCCCCCCCCCCCCCCCCCC)COP(=O)(O)OC[C@@H](O)COP(=O)(O)OC[C@@H](COC(=O)CCCCCCCCCCCCC)OC(=O)CCCCCCCCCCCCCC(C)C. The van der Waals surface area contributed by atoms with Crippen LogP contribution in [0.4, 0.5) is 0 Å². The fourth-order valence-corrected chi connectivity index (χ4v) is 14.9. The molecule has 17 nitrogen and oxygen atoms in total. The number of hydrogen-bond acceptors (Lipinski definition) is 15. The average Bonchev–Trinajstić information content (AvgIpc) is 0.912. The molecular weight excluding hydrogens is 1350 g/mol. The van der Waals surface area contributed by atoms with Crippen molar-refractivity contribution in [1.82, 2.24) is 0 Å². The predicted molar refractivity (Wildman–Crippen MR) is 428 cm³/mol. The molecule has 0 rings (SSSR count). The van der Waals surface area contributed by atoms with Crippen LogP contribution in [0.15, 0.2) is 0 Å². The molecule has 0 spiro atoms. The number of rotatable bonds is 85. The van der Waals surface area contributed by atoms with E-state index in [1.807, 2.05) is 0 Å². The summed E-state index contributed by atoms with van der Waals surface area (Å²) in [6, 6.07) is 0. The van der Waals surface area contributed by atoms with Crippen molar-refractivity contribution in [2.24, 2.45) is 5.92 Å². The normalized spacial score (nSPS) is 13.8. The van der Waals surface area contributed by atoms with Gasteiger partial charge in [0.15, 0.2) is 12.2 Å². The first-order valence-corrected chi connectivity index (χ1v) is 47.1. The Balaban J connectivity index is 5.22. The van der Waals surface area contributed by atoms with Crippen molar-refractivity contribution < 1.29 is 80.2 Å². The van der Waals surface area contributed by atoms with Crippen LogP contribution in [0.2, 0.25) is 0 Å². The van der Waals surface area contributed by atoms with Gasteiger partial charge in [0.1, 0.15) is 19.3 Å². The van der Waals surface area contributed by atoms with Gasteiger partial charge >= 0.3 is 39.5 Å². The number of esters is 4. The molecule has 0 radical (unpaired) electrons. The molecule has 0 heterocycles. The van der Waals surface area contributed by atoms with E-state index in [0.717, 1.165) is 95.8 Å². The highest BCUT2D eigenvalue weighted by atomic mass is 31.2. The number of phosphoric ester groups is 2. The number of phosphoric acid groups is 2. The van der Waals surface area contributed by atoms with Gasteiger partial charge in [-0.05, 0) is 31.6 Å². The summed E-state index contributed by atoms with van der Waals surface area (Å²) in [4.78, 5) is 73.2. The summed E-state index contributed by atoms with van der Waals surface area (Å²) in [7, 11) is -9.92. The Morgan fingerprint density at radius 3 is 0.654 bits per heavy atom. The number of hydrogen-bond donors (Lipinski definition) is 3. The molecule has 0 saturated carbocycles. The molecule has 5 atom stereocenters. The van der Waals surface area contributed by atoms with Crippen molar-refractivity contribution in [3.8, 4) is 0 Å². The highest BCUT2D eigenvalue weighted by Crippen LogP contribution is 2.45. The van der Waals surface area contributed by atoms with Crippen molar-refractivity contribution in [2.75, 3.05) is 39.6 Å². The first-order valence-electron chi connectivity index (χ1n) is 44.1. The fraction of sp³-hybridized carbons (Fsp3) is 0.953. The number of unbranched alkanes of at least 4 members (excludes halogenated alkanes) is 57. The van der Waals surface area contributed by atoms with E-state index < -0.39 is 97.5 Å². The van der Waals surface area contributed by atoms with E-state index in [1.165, 1.54) is 283 Å². The van der Waals surface area contributed by atoms with Crippen molar-refractivity contribution in [3.63, 3.8) is 0 Å². The molecule has 0 fully saturated rings. The monoisotopic (exact) mass is 1520 g/mol. The first-order chi connectivity index (χ1) is 50.5. The molecule has 0 aromatic carbocycles. The van der Waals surface area contributed by atoms with Crippen molar-refractivity contribution in [2.45, 2.75) is 477 Å². The summed E-state index contributed by atoms with van der Waals surface area (Å²) < 4.78 is 68.9. The maximum absolute atomic E-state index is 13.1. The van der Waals surface area contributed by atoms with Crippen LogP contribution in [-0.4, -0.2) is 96.7 Å². The molecule has 0 aliphatic heterocycles. The predicted octanol–water partition coefficient (Wildman–Crippen LogP) is 26.0. The minimum absolute atomic E-state index is 0.107. The molecular formula is C85H166O17P2. The van der Waals surface area contributed by atoms with Gasteiger partial charge in [-0.25, -0.2) is 9.13 Å². The third kappa shape index (κ3) is 78.2. The lowest BCUT2D eigenvalue weighted by Crippen LogP contribution is -2.30. The van der Waals surface area contributed by atoms with E-state index >= 15 is 0 Å². The van der Waals surface area contributed by atoms with Crippen molar-refractivity contribution in [3.05, 3.63) is 0 Å². The maximum Gasteiger partial charge on any atom is 0.472 e. The van der Waals surface area contributed by atoms with Gasteiger partial charge in [-0.3, -0.25) is 37.3 Å². The Bertz CT molecular complexity index is 1980. The molecule has 0 aromatic heterocycles. The summed E-state index contributed by atoms with van der Waals surface area (Å²) in [6.45, 7) is 7.35. The molecule has 104 heavy (non-hydrogen) atoms. The molecule has 2 unspecified atom stereocenters. The second-order valence-electron chi connectivity index (χ2n) is 31.1. The van der Waals surface area contributed by atoms with E-state index in [9.17, 15) is 43.2 Å². The standard InChI is InChI=1S/C85H166O17P2/c1-6-9-12-15-18-21-24-26-28-30-31-32-33-34-36-38-40-45-50-55-60-65-70-84(89)101-81(75-96-83(88)69-64-59-54-49-44-39-37-35-29-27-25-22-19-16-13-10-7-2)77-100-104(93,94)98-73-79(86)72-97-103(91,92)99-76-80(74-95-82(87)68-63-58-53-48-42-23-20-17-14-11-8-3)102-85(90)71-66-61-56-51-46-41-43-47-52-57-62-67-78(4)5/h78-81,86H,6-77H2,1-5H3,(H,91,92)(H,93,94)/t79-,80+,81+/m0/s1. The lowest BCUT2D eigenvalue weighted by atomic mass is 10.0. The van der Waals surface area contributed by atoms with Crippen LogP contribution in [0.25, 0.3) is 0 Å². The fourth-order valence-electron chi connectivity index (χ4n) is 13.3. The summed E-state index contributed by atoms with van der Waals surface area (Å²) in [5.41, 5.74) is 0. The molecule has 0 amide bonds. The number of aliphatic hydroxyl groups is 1. The highest BCUT2D eigenvalue weighted by molar-refractivity contribution is 7.47. The summed E-state index contributed by atoms with van der Waals surface area (Å²) in [6.07, 6.45) is 70.8. The second kappa shape index (κ2) is 77.8. The van der Waals surface area contributed by atoms with Crippen LogP contribution < -0.4 is 0 Å². The Kier molecular flexibility index (Phi) is 76.3. The van der Waals surface area contributed by atoms with Crippen LogP contribution in [0.5, 0.6) is 0 Å². The zero-order valence-electron chi connectivity index (χ0n) is 68.2. The van der Waals surface area contributed by atoms with Crippen LogP contribution in [0.3, 0.4) is 0 Å². The van der Waals surface area contributed by atoms with Crippen LogP contribution in [-0.2, 0) is 65.4 Å². The van der Waals surface area contributed by atoms with Gasteiger partial charge in [-0.15, -0.1) is 0 Å². The van der Waals surface area contributed by atoms with Gasteiger partial charge in [0, 0.05) is 25.7 Å². The third-order valence-corrected chi connectivity index (χ3v) is 21.9. The quantitative estimate of drug-likeness (QED) is 0.0222. The van der Waals surface area contributed by atoms with E-state index in [4.69, 9.17) is 37.0 Å². The molecule has 0 aromatic rings. The van der Waals surface area contributed by atoms with Crippen LogP contribution in [0.1, 0.15) is 458 Å². The zero-order chi connectivity index (χ0) is 76.2. The second-order valence-corrected chi connectivity index (χ2v) is 34.0. The third-order valence-electron chi connectivity index (χ3n) is 20.0. The average molecular weight is 1520 g/mol. The minimum Gasteiger partial charge on any atom is -0.462 e. The number of aliphatic hydroxyl groups excluding tert-OH is 1. The van der Waals surface area contributed by atoms with Crippen molar-refractivity contribution in [1.29, 1.82) is 0 Å². The van der Waals surface area contributed by atoms with Gasteiger partial charge in [0.25, 0.3) is 0 Å². The number of carbonyl (C=O) groups is 4. The van der Waals surface area contributed by atoms with E-state index in [2.05, 4.69) is 34.6 Å². The number of carbonyl (C=O) groups excluding carboxylic acids is 4. The lowest BCUT2D eigenvalue weighted by Gasteiger charge is -2.21. The van der Waals surface area contributed by atoms with Crippen LogP contribution >= 0.6 is 15.6 Å². The number of ether oxygens (including phenoxy) is 4. The molecule has 0 saturated heterocycles. The van der Waals surface area contributed by atoms with Gasteiger partial charge in [-0.1, -0.05) is 407 Å². The lowest BCUT2D eigenvalue weighted by molar-refractivity contribution is -0.161. The Labute approximate surface area is 638 Å². The summed E-state index contributed by atoms with van der Waals surface area (Å²) in [5, 5.41) is 10.7. The van der Waals surface area contributed by atoms with E-state index in [1.54, 1.807) is 0 Å². The smallest absolute Gasteiger partial charge is 0.462 e. The van der Waals surface area contributed by atoms with Gasteiger partial charge in [0.05, 0.1) is 26.4 Å². The largest absolute Gasteiger partial charge is 0.472 e. The van der Waals surface area contributed by atoms with Crippen LogP contribution in [0, 0.1) is 5.92 Å². The molecule has 19 heteroatoms. The Hall–Kier alpha value is -1.94. The molecule has 0 bridgehead atoms. The topological polar surface area (TPSA) is 237 Å². The van der Waals surface area contributed by atoms with E-state index in [0.29, 0.717) is 25.7 Å². The van der Waals surface area contributed by atoms with Crippen molar-refractivity contribution >= 4 is 39.5 Å². The molecule has 0 aliphatic carbocycles. The molecule has 3 N–H and O–H groups in total.